The number of piperidine rings is 3. The smallest absolute Gasteiger partial charge is 0.225 e. The van der Waals surface area contributed by atoms with E-state index >= 15 is 0 Å². The lowest BCUT2D eigenvalue weighted by atomic mass is 9.90. The van der Waals surface area contributed by atoms with Gasteiger partial charge in [0.05, 0.1) is 0 Å². The zero-order valence-corrected chi connectivity index (χ0v) is 15.9. The van der Waals surface area contributed by atoms with E-state index in [1.807, 2.05) is 0 Å². The standard InChI is InChI=1S/C20H37N3O/c1-3-17-4-12-22(13-5-17)16-18-6-14-23(15-7-18)20(24)19-8-10-21(2)11-9-19/h17-19H,3-16H2,1-2H3. The molecule has 0 aromatic rings. The monoisotopic (exact) mass is 335 g/mol. The summed E-state index contributed by atoms with van der Waals surface area (Å²) in [6.45, 7) is 10.4. The van der Waals surface area contributed by atoms with E-state index in [4.69, 9.17) is 0 Å². The maximum absolute atomic E-state index is 12.7. The molecule has 3 heterocycles. The van der Waals surface area contributed by atoms with Gasteiger partial charge in [0.15, 0.2) is 0 Å². The van der Waals surface area contributed by atoms with Gasteiger partial charge in [-0.15, -0.1) is 0 Å². The van der Waals surface area contributed by atoms with Crippen LogP contribution < -0.4 is 0 Å². The second kappa shape index (κ2) is 8.66. The molecular weight excluding hydrogens is 298 g/mol. The zero-order chi connectivity index (χ0) is 16.9. The summed E-state index contributed by atoms with van der Waals surface area (Å²) in [5.41, 5.74) is 0. The molecule has 0 atom stereocenters. The normalized spacial score (nSPS) is 26.8. The van der Waals surface area contributed by atoms with Crippen LogP contribution in [0.2, 0.25) is 0 Å². The molecule has 0 bridgehead atoms. The second-order valence-corrected chi connectivity index (χ2v) is 8.50. The minimum Gasteiger partial charge on any atom is -0.342 e. The number of rotatable bonds is 4. The largest absolute Gasteiger partial charge is 0.342 e. The Balaban J connectivity index is 1.37. The number of likely N-dealkylation sites (tertiary alicyclic amines) is 3. The second-order valence-electron chi connectivity index (χ2n) is 8.50. The molecule has 24 heavy (non-hydrogen) atoms. The van der Waals surface area contributed by atoms with Crippen LogP contribution in [0.5, 0.6) is 0 Å². The minimum absolute atomic E-state index is 0.297. The van der Waals surface area contributed by atoms with E-state index in [0.717, 1.165) is 50.9 Å². The summed E-state index contributed by atoms with van der Waals surface area (Å²) >= 11 is 0. The molecule has 138 valence electrons. The van der Waals surface area contributed by atoms with Crippen LogP contribution in [0.15, 0.2) is 0 Å². The maximum atomic E-state index is 12.7. The van der Waals surface area contributed by atoms with Crippen molar-refractivity contribution in [3.8, 4) is 0 Å². The van der Waals surface area contributed by atoms with Crippen LogP contribution in [0.3, 0.4) is 0 Å². The molecular formula is C20H37N3O. The van der Waals surface area contributed by atoms with Crippen LogP contribution in [-0.4, -0.2) is 73.5 Å². The highest BCUT2D eigenvalue weighted by Gasteiger charge is 2.31. The highest BCUT2D eigenvalue weighted by molar-refractivity contribution is 5.79. The molecule has 0 aromatic heterocycles. The van der Waals surface area contributed by atoms with Gasteiger partial charge in [0, 0.05) is 25.6 Å². The molecule has 0 spiro atoms. The van der Waals surface area contributed by atoms with Gasteiger partial charge in [-0.05, 0) is 83.6 Å². The summed E-state index contributed by atoms with van der Waals surface area (Å²) in [4.78, 5) is 19.9. The number of carbonyl (C=O) groups excluding carboxylic acids is 1. The van der Waals surface area contributed by atoms with Crippen LogP contribution in [0.4, 0.5) is 0 Å². The number of hydrogen-bond acceptors (Lipinski definition) is 3. The molecule has 0 radical (unpaired) electrons. The number of carbonyl (C=O) groups is 1. The first kappa shape index (κ1) is 18.2. The lowest BCUT2D eigenvalue weighted by Gasteiger charge is -2.39. The first-order valence-corrected chi connectivity index (χ1v) is 10.4. The van der Waals surface area contributed by atoms with Gasteiger partial charge in [-0.25, -0.2) is 0 Å². The Kier molecular flexibility index (Phi) is 6.56. The van der Waals surface area contributed by atoms with Crippen molar-refractivity contribution >= 4 is 5.91 Å². The molecule has 4 nitrogen and oxygen atoms in total. The molecule has 1 amide bonds. The Bertz CT molecular complexity index is 390. The minimum atomic E-state index is 0.297. The van der Waals surface area contributed by atoms with Gasteiger partial charge < -0.3 is 14.7 Å². The zero-order valence-electron chi connectivity index (χ0n) is 15.9. The third-order valence-corrected chi connectivity index (χ3v) is 6.79. The van der Waals surface area contributed by atoms with Gasteiger partial charge in [-0.1, -0.05) is 13.3 Å². The van der Waals surface area contributed by atoms with Crippen LogP contribution in [0, 0.1) is 17.8 Å². The summed E-state index contributed by atoms with van der Waals surface area (Å²) in [7, 11) is 2.16. The average Bonchev–Trinajstić information content (AvgIpc) is 2.63. The summed E-state index contributed by atoms with van der Waals surface area (Å²) in [5, 5.41) is 0. The predicted molar refractivity (Wildman–Crippen MR) is 99.0 cm³/mol. The Morgan fingerprint density at radius 2 is 1.42 bits per heavy atom. The van der Waals surface area contributed by atoms with Crippen LogP contribution in [0.1, 0.15) is 51.9 Å². The molecule has 0 unspecified atom stereocenters. The Hall–Kier alpha value is -0.610. The quantitative estimate of drug-likeness (QED) is 0.790. The average molecular weight is 336 g/mol. The van der Waals surface area contributed by atoms with E-state index in [0.29, 0.717) is 11.8 Å². The summed E-state index contributed by atoms with van der Waals surface area (Å²) in [6, 6.07) is 0. The van der Waals surface area contributed by atoms with Gasteiger partial charge in [0.2, 0.25) is 5.91 Å². The number of amides is 1. The van der Waals surface area contributed by atoms with Crippen LogP contribution in [0.25, 0.3) is 0 Å². The third-order valence-electron chi connectivity index (χ3n) is 6.79. The van der Waals surface area contributed by atoms with E-state index in [1.165, 1.54) is 51.7 Å². The fourth-order valence-corrected chi connectivity index (χ4v) is 4.79. The summed E-state index contributed by atoms with van der Waals surface area (Å²) < 4.78 is 0. The van der Waals surface area contributed by atoms with Gasteiger partial charge in [-0.2, -0.15) is 0 Å². The molecule has 4 heteroatoms. The predicted octanol–water partition coefficient (Wildman–Crippen LogP) is 2.69. The van der Waals surface area contributed by atoms with Crippen LogP contribution in [-0.2, 0) is 4.79 Å². The van der Waals surface area contributed by atoms with Gasteiger partial charge in [-0.3, -0.25) is 4.79 Å². The SMILES string of the molecule is CCC1CCN(CC2CCN(C(=O)C3CCN(C)CC3)CC2)CC1. The lowest BCUT2D eigenvalue weighted by molar-refractivity contribution is -0.138. The molecule has 0 N–H and O–H groups in total. The van der Waals surface area contributed by atoms with E-state index in [9.17, 15) is 4.79 Å². The topological polar surface area (TPSA) is 26.8 Å². The number of nitrogens with zero attached hydrogens (tertiary/aromatic N) is 3. The molecule has 3 aliphatic heterocycles. The first-order chi connectivity index (χ1) is 11.7. The van der Waals surface area contributed by atoms with Gasteiger partial charge >= 0.3 is 0 Å². The van der Waals surface area contributed by atoms with Crippen molar-refractivity contribution < 1.29 is 4.79 Å². The fourth-order valence-electron chi connectivity index (χ4n) is 4.79. The molecule has 0 saturated carbocycles. The van der Waals surface area contributed by atoms with Crippen molar-refractivity contribution in [2.75, 3.05) is 52.9 Å². The Labute approximate surface area is 148 Å². The highest BCUT2D eigenvalue weighted by Crippen LogP contribution is 2.26. The van der Waals surface area contributed by atoms with Crippen molar-refractivity contribution in [2.45, 2.75) is 51.9 Å². The molecule has 3 aliphatic rings. The van der Waals surface area contributed by atoms with E-state index in [-0.39, 0.29) is 0 Å². The van der Waals surface area contributed by atoms with E-state index in [1.54, 1.807) is 0 Å². The fraction of sp³-hybridized carbons (Fsp3) is 0.950. The van der Waals surface area contributed by atoms with E-state index < -0.39 is 0 Å². The number of hydrogen-bond donors (Lipinski definition) is 0. The molecule has 3 fully saturated rings. The maximum Gasteiger partial charge on any atom is 0.225 e. The Morgan fingerprint density at radius 1 is 0.833 bits per heavy atom. The summed E-state index contributed by atoms with van der Waals surface area (Å²) in [6.07, 6.45) is 8.68. The van der Waals surface area contributed by atoms with Gasteiger partial charge in [0.25, 0.3) is 0 Å². The molecule has 0 aliphatic carbocycles. The Morgan fingerprint density at radius 3 is 2.00 bits per heavy atom. The highest BCUT2D eigenvalue weighted by atomic mass is 16.2. The summed E-state index contributed by atoms with van der Waals surface area (Å²) in [5.74, 6) is 2.52. The first-order valence-electron chi connectivity index (χ1n) is 10.4. The third kappa shape index (κ3) is 4.72. The van der Waals surface area contributed by atoms with E-state index in [2.05, 4.69) is 28.7 Å². The molecule has 0 aromatic carbocycles. The van der Waals surface area contributed by atoms with Crippen molar-refractivity contribution in [1.82, 2.24) is 14.7 Å². The van der Waals surface area contributed by atoms with Crippen molar-refractivity contribution in [3.63, 3.8) is 0 Å². The van der Waals surface area contributed by atoms with Crippen LogP contribution >= 0.6 is 0 Å². The van der Waals surface area contributed by atoms with Crippen molar-refractivity contribution in [2.24, 2.45) is 17.8 Å². The lowest BCUT2D eigenvalue weighted by Crippen LogP contribution is -2.46. The van der Waals surface area contributed by atoms with Gasteiger partial charge in [0.1, 0.15) is 0 Å². The van der Waals surface area contributed by atoms with Crippen molar-refractivity contribution in [3.05, 3.63) is 0 Å². The van der Waals surface area contributed by atoms with Crippen molar-refractivity contribution in [1.29, 1.82) is 0 Å². The molecule has 3 rings (SSSR count). The molecule has 3 saturated heterocycles.